The molecule has 19 heavy (non-hydrogen) atoms. The fourth-order valence-electron chi connectivity index (χ4n) is 2.62. The van der Waals surface area contributed by atoms with Gasteiger partial charge in [0, 0.05) is 32.2 Å². The van der Waals surface area contributed by atoms with Gasteiger partial charge in [-0.2, -0.15) is 0 Å². The van der Waals surface area contributed by atoms with Crippen LogP contribution in [-0.2, 0) is 0 Å². The van der Waals surface area contributed by atoms with Crippen LogP contribution < -0.4 is 10.3 Å². The molecule has 1 fully saturated rings. The van der Waals surface area contributed by atoms with Gasteiger partial charge in [-0.25, -0.2) is 0 Å². The summed E-state index contributed by atoms with van der Waals surface area (Å²) in [5, 5.41) is 0.706. The lowest BCUT2D eigenvalue weighted by Crippen LogP contribution is -2.44. The van der Waals surface area contributed by atoms with Crippen LogP contribution in [0.15, 0.2) is 33.7 Å². The van der Waals surface area contributed by atoms with Crippen molar-refractivity contribution in [2.45, 2.75) is 6.92 Å². The van der Waals surface area contributed by atoms with Gasteiger partial charge in [-0.1, -0.05) is 0 Å². The molecule has 4 nitrogen and oxygen atoms in total. The standard InChI is InChI=1S/C15H18N2O2/c1-11-9-12(17-6-4-16(2)5-7-17)15-13(18)3-8-19-14(15)10-11/h3,8-10H,4-7H2,1-2H3. The minimum atomic E-state index is 0.0372. The van der Waals surface area contributed by atoms with E-state index in [-0.39, 0.29) is 5.43 Å². The number of piperazine rings is 1. The normalized spacial score (nSPS) is 17.1. The van der Waals surface area contributed by atoms with Crippen molar-refractivity contribution in [3.63, 3.8) is 0 Å². The number of likely N-dealkylation sites (N-methyl/N-ethyl adjacent to an activating group) is 1. The summed E-state index contributed by atoms with van der Waals surface area (Å²) < 4.78 is 5.49. The number of fused-ring (bicyclic) bond motifs is 1. The van der Waals surface area contributed by atoms with Crippen LogP contribution in [0.3, 0.4) is 0 Å². The Bertz CT molecular complexity index is 655. The highest BCUT2D eigenvalue weighted by molar-refractivity contribution is 5.91. The fraction of sp³-hybridized carbons (Fsp3) is 0.400. The van der Waals surface area contributed by atoms with Crippen LogP contribution in [0, 0.1) is 6.92 Å². The Hall–Kier alpha value is -1.81. The Kier molecular flexibility index (Phi) is 3.03. The van der Waals surface area contributed by atoms with Crippen molar-refractivity contribution in [3.05, 3.63) is 40.2 Å². The summed E-state index contributed by atoms with van der Waals surface area (Å²) in [4.78, 5) is 16.7. The molecule has 100 valence electrons. The molecule has 0 amide bonds. The summed E-state index contributed by atoms with van der Waals surface area (Å²) in [6, 6.07) is 5.51. The zero-order valence-electron chi connectivity index (χ0n) is 11.3. The van der Waals surface area contributed by atoms with Gasteiger partial charge in [-0.15, -0.1) is 0 Å². The molecular formula is C15H18N2O2. The number of benzene rings is 1. The lowest BCUT2D eigenvalue weighted by molar-refractivity contribution is 0.313. The number of anilines is 1. The summed E-state index contributed by atoms with van der Waals surface area (Å²) in [6.07, 6.45) is 1.47. The van der Waals surface area contributed by atoms with Crippen molar-refractivity contribution in [3.8, 4) is 0 Å². The van der Waals surface area contributed by atoms with Crippen molar-refractivity contribution in [1.29, 1.82) is 0 Å². The first-order valence-electron chi connectivity index (χ1n) is 6.61. The second kappa shape index (κ2) is 4.70. The van der Waals surface area contributed by atoms with Gasteiger partial charge in [-0.05, 0) is 31.7 Å². The minimum Gasteiger partial charge on any atom is -0.464 e. The van der Waals surface area contributed by atoms with Gasteiger partial charge in [0.25, 0.3) is 0 Å². The van der Waals surface area contributed by atoms with Crippen LogP contribution >= 0.6 is 0 Å². The van der Waals surface area contributed by atoms with Crippen molar-refractivity contribution in [1.82, 2.24) is 4.90 Å². The van der Waals surface area contributed by atoms with E-state index in [9.17, 15) is 4.79 Å². The van der Waals surface area contributed by atoms with Crippen LogP contribution in [0.25, 0.3) is 11.0 Å². The maximum Gasteiger partial charge on any atom is 0.194 e. The minimum absolute atomic E-state index is 0.0372. The van der Waals surface area contributed by atoms with Gasteiger partial charge in [0.1, 0.15) is 5.58 Å². The number of hydrogen-bond donors (Lipinski definition) is 0. The number of rotatable bonds is 1. The molecule has 0 unspecified atom stereocenters. The molecule has 2 aromatic rings. The van der Waals surface area contributed by atoms with Gasteiger partial charge in [0.15, 0.2) is 5.43 Å². The summed E-state index contributed by atoms with van der Waals surface area (Å²) in [5.41, 5.74) is 2.85. The Morgan fingerprint density at radius 3 is 2.63 bits per heavy atom. The number of aryl methyl sites for hydroxylation is 1. The average Bonchev–Trinajstić information content (AvgIpc) is 2.38. The lowest BCUT2D eigenvalue weighted by Gasteiger charge is -2.34. The molecule has 0 spiro atoms. The van der Waals surface area contributed by atoms with Gasteiger partial charge in [0.2, 0.25) is 0 Å². The average molecular weight is 258 g/mol. The predicted molar refractivity (Wildman–Crippen MR) is 76.9 cm³/mol. The van der Waals surface area contributed by atoms with Crippen molar-refractivity contribution in [2.75, 3.05) is 38.1 Å². The molecule has 1 saturated heterocycles. The highest BCUT2D eigenvalue weighted by Crippen LogP contribution is 2.26. The molecule has 0 bridgehead atoms. The Balaban J connectivity index is 2.14. The third-order valence-electron chi connectivity index (χ3n) is 3.73. The third kappa shape index (κ3) is 2.24. The zero-order valence-corrected chi connectivity index (χ0v) is 11.3. The summed E-state index contributed by atoms with van der Waals surface area (Å²) in [6.45, 7) is 5.97. The summed E-state index contributed by atoms with van der Waals surface area (Å²) >= 11 is 0. The highest BCUT2D eigenvalue weighted by atomic mass is 16.3. The molecule has 0 atom stereocenters. The van der Waals surface area contributed by atoms with Crippen molar-refractivity contribution in [2.24, 2.45) is 0 Å². The van der Waals surface area contributed by atoms with E-state index in [0.717, 1.165) is 37.4 Å². The Morgan fingerprint density at radius 2 is 1.89 bits per heavy atom. The third-order valence-corrected chi connectivity index (χ3v) is 3.73. The van der Waals surface area contributed by atoms with Crippen LogP contribution in [0.2, 0.25) is 0 Å². The van der Waals surface area contributed by atoms with Crippen molar-refractivity contribution >= 4 is 16.7 Å². The molecule has 1 aromatic carbocycles. The molecule has 1 aliphatic rings. The molecule has 2 heterocycles. The molecular weight excluding hydrogens is 240 g/mol. The number of hydrogen-bond acceptors (Lipinski definition) is 4. The molecule has 4 heteroatoms. The molecule has 0 radical (unpaired) electrons. The SMILES string of the molecule is Cc1cc(N2CCN(C)CC2)c2c(=O)ccoc2c1. The van der Waals surface area contributed by atoms with Gasteiger partial charge >= 0.3 is 0 Å². The highest BCUT2D eigenvalue weighted by Gasteiger charge is 2.18. The van der Waals surface area contributed by atoms with Crippen LogP contribution in [-0.4, -0.2) is 38.1 Å². The second-order valence-corrected chi connectivity index (χ2v) is 5.23. The van der Waals surface area contributed by atoms with Gasteiger partial charge in [0.05, 0.1) is 17.3 Å². The van der Waals surface area contributed by atoms with Crippen LogP contribution in [0.4, 0.5) is 5.69 Å². The summed E-state index contributed by atoms with van der Waals surface area (Å²) in [5.74, 6) is 0. The van der Waals surface area contributed by atoms with E-state index in [2.05, 4.69) is 22.9 Å². The van der Waals surface area contributed by atoms with E-state index in [1.807, 2.05) is 13.0 Å². The smallest absolute Gasteiger partial charge is 0.194 e. The van der Waals surface area contributed by atoms with Gasteiger partial charge < -0.3 is 14.2 Å². The van der Waals surface area contributed by atoms with E-state index in [0.29, 0.717) is 11.0 Å². The maximum atomic E-state index is 12.1. The Labute approximate surface area is 112 Å². The Morgan fingerprint density at radius 1 is 1.16 bits per heavy atom. The van der Waals surface area contributed by atoms with E-state index in [4.69, 9.17) is 4.42 Å². The molecule has 0 aliphatic carbocycles. The zero-order chi connectivity index (χ0) is 13.4. The molecule has 1 aromatic heterocycles. The lowest BCUT2D eigenvalue weighted by atomic mass is 10.1. The summed E-state index contributed by atoms with van der Waals surface area (Å²) in [7, 11) is 2.13. The first-order chi connectivity index (χ1) is 9.15. The van der Waals surface area contributed by atoms with E-state index in [1.165, 1.54) is 12.3 Å². The van der Waals surface area contributed by atoms with Crippen molar-refractivity contribution < 1.29 is 4.42 Å². The largest absolute Gasteiger partial charge is 0.464 e. The molecule has 3 rings (SSSR count). The predicted octanol–water partition coefficient (Wildman–Crippen LogP) is 1.85. The van der Waals surface area contributed by atoms with Gasteiger partial charge in [-0.3, -0.25) is 4.79 Å². The monoisotopic (exact) mass is 258 g/mol. The van der Waals surface area contributed by atoms with E-state index >= 15 is 0 Å². The molecule has 0 N–H and O–H groups in total. The van der Waals surface area contributed by atoms with Crippen LogP contribution in [0.1, 0.15) is 5.56 Å². The topological polar surface area (TPSA) is 36.7 Å². The van der Waals surface area contributed by atoms with E-state index in [1.54, 1.807) is 0 Å². The van der Waals surface area contributed by atoms with E-state index < -0.39 is 0 Å². The first-order valence-corrected chi connectivity index (χ1v) is 6.61. The fourth-order valence-corrected chi connectivity index (χ4v) is 2.62. The number of nitrogens with zero attached hydrogens (tertiary/aromatic N) is 2. The maximum absolute atomic E-state index is 12.1. The second-order valence-electron chi connectivity index (χ2n) is 5.23. The van der Waals surface area contributed by atoms with Crippen LogP contribution in [0.5, 0.6) is 0 Å². The molecule has 1 aliphatic heterocycles. The molecule has 0 saturated carbocycles. The quantitative estimate of drug-likeness (QED) is 0.782. The first kappa shape index (κ1) is 12.2.